The van der Waals surface area contributed by atoms with Crippen molar-refractivity contribution in [3.63, 3.8) is 0 Å². The van der Waals surface area contributed by atoms with Crippen LogP contribution in [-0.4, -0.2) is 26.2 Å². The molecule has 0 N–H and O–H groups in total. The largest absolute Gasteiger partial charge is 0.469 e. The Morgan fingerprint density at radius 3 is 1.21 bits per heavy atom. The van der Waals surface area contributed by atoms with Gasteiger partial charge in [-0.3, -0.25) is 9.59 Å². The zero-order valence-corrected chi connectivity index (χ0v) is 14.5. The number of hydrogen-bond acceptors (Lipinski definition) is 6. The summed E-state index contributed by atoms with van der Waals surface area (Å²) in [6, 6.07) is 4.46. The van der Waals surface area contributed by atoms with E-state index < -0.39 is 0 Å². The SMILES string of the molecule is COC(=O)C1CCC(C#N)CC1.COC(=O)C1CCC(C#N)CC1. The van der Waals surface area contributed by atoms with Crippen molar-refractivity contribution < 1.29 is 19.1 Å². The Hall–Kier alpha value is -2.08. The van der Waals surface area contributed by atoms with Crippen molar-refractivity contribution in [1.82, 2.24) is 0 Å². The lowest BCUT2D eigenvalue weighted by Crippen LogP contribution is -2.22. The fraction of sp³-hybridized carbons (Fsp3) is 0.778. The average Bonchev–Trinajstić information content (AvgIpc) is 2.67. The zero-order valence-electron chi connectivity index (χ0n) is 14.5. The first-order valence-corrected chi connectivity index (χ1v) is 8.50. The van der Waals surface area contributed by atoms with E-state index >= 15 is 0 Å². The minimum absolute atomic E-state index is 0.0413. The van der Waals surface area contributed by atoms with Crippen molar-refractivity contribution in [1.29, 1.82) is 10.5 Å². The van der Waals surface area contributed by atoms with Crippen molar-refractivity contribution in [3.8, 4) is 12.1 Å². The molecule has 0 saturated heterocycles. The van der Waals surface area contributed by atoms with Crippen LogP contribution < -0.4 is 0 Å². The topological polar surface area (TPSA) is 100 Å². The Kier molecular flexibility index (Phi) is 8.86. The maximum absolute atomic E-state index is 11.1. The highest BCUT2D eigenvalue weighted by molar-refractivity contribution is 5.72. The number of carbonyl (C=O) groups excluding carboxylic acids is 2. The van der Waals surface area contributed by atoms with Gasteiger partial charge in [0.25, 0.3) is 0 Å². The second-order valence-corrected chi connectivity index (χ2v) is 6.40. The van der Waals surface area contributed by atoms with Gasteiger partial charge in [-0.05, 0) is 51.4 Å². The summed E-state index contributed by atoms with van der Waals surface area (Å²) in [6.07, 6.45) is 6.62. The third kappa shape index (κ3) is 6.20. The molecule has 24 heavy (non-hydrogen) atoms. The summed E-state index contributed by atoms with van der Waals surface area (Å²) in [4.78, 5) is 22.1. The van der Waals surface area contributed by atoms with Crippen LogP contribution in [0.2, 0.25) is 0 Å². The Bertz CT molecular complexity index is 444. The van der Waals surface area contributed by atoms with Crippen LogP contribution in [0.4, 0.5) is 0 Å². The zero-order chi connectivity index (χ0) is 17.9. The molecule has 132 valence electrons. The van der Waals surface area contributed by atoms with Crippen molar-refractivity contribution in [2.24, 2.45) is 23.7 Å². The molecule has 0 amide bonds. The molecule has 0 aromatic carbocycles. The number of methoxy groups -OCH3 is 2. The van der Waals surface area contributed by atoms with Crippen LogP contribution in [-0.2, 0) is 19.1 Å². The van der Waals surface area contributed by atoms with Crippen LogP contribution in [0.15, 0.2) is 0 Å². The number of carbonyl (C=O) groups is 2. The van der Waals surface area contributed by atoms with Crippen LogP contribution in [0.1, 0.15) is 51.4 Å². The van der Waals surface area contributed by atoms with Gasteiger partial charge in [0.1, 0.15) is 0 Å². The predicted molar refractivity (Wildman–Crippen MR) is 86.2 cm³/mol. The molecule has 0 heterocycles. The summed E-state index contributed by atoms with van der Waals surface area (Å²) in [6.45, 7) is 0. The predicted octanol–water partition coefficient (Wildman–Crippen LogP) is 2.98. The molecule has 6 nitrogen and oxygen atoms in total. The highest BCUT2D eigenvalue weighted by Crippen LogP contribution is 2.29. The van der Waals surface area contributed by atoms with Gasteiger partial charge in [0, 0.05) is 11.8 Å². The van der Waals surface area contributed by atoms with E-state index in [2.05, 4.69) is 21.6 Å². The quantitative estimate of drug-likeness (QED) is 0.720. The first-order chi connectivity index (χ1) is 11.5. The Labute approximate surface area is 143 Å². The molecule has 0 spiro atoms. The Morgan fingerprint density at radius 2 is 1.00 bits per heavy atom. The first-order valence-electron chi connectivity index (χ1n) is 8.50. The maximum Gasteiger partial charge on any atom is 0.308 e. The molecule has 2 fully saturated rings. The van der Waals surface area contributed by atoms with E-state index in [-0.39, 0.29) is 35.6 Å². The highest BCUT2D eigenvalue weighted by atomic mass is 16.5. The van der Waals surface area contributed by atoms with E-state index in [9.17, 15) is 9.59 Å². The van der Waals surface area contributed by atoms with Crippen LogP contribution in [0.25, 0.3) is 0 Å². The summed E-state index contributed by atoms with van der Waals surface area (Å²) < 4.78 is 9.27. The maximum atomic E-state index is 11.1. The van der Waals surface area contributed by atoms with Crippen LogP contribution in [0.5, 0.6) is 0 Å². The molecule has 0 aromatic rings. The van der Waals surface area contributed by atoms with Gasteiger partial charge < -0.3 is 9.47 Å². The molecule has 0 radical (unpaired) electrons. The molecule has 2 aliphatic carbocycles. The molecule has 0 unspecified atom stereocenters. The van der Waals surface area contributed by atoms with E-state index in [4.69, 9.17) is 10.5 Å². The van der Waals surface area contributed by atoms with Gasteiger partial charge >= 0.3 is 11.9 Å². The fourth-order valence-electron chi connectivity index (χ4n) is 3.25. The molecule has 2 aliphatic rings. The second kappa shape index (κ2) is 10.6. The van der Waals surface area contributed by atoms with E-state index in [0.717, 1.165) is 51.4 Å². The van der Waals surface area contributed by atoms with E-state index in [1.807, 2.05) is 0 Å². The van der Waals surface area contributed by atoms with Gasteiger partial charge in [-0.15, -0.1) is 0 Å². The number of nitriles is 2. The number of rotatable bonds is 2. The fourth-order valence-corrected chi connectivity index (χ4v) is 3.25. The van der Waals surface area contributed by atoms with Crippen LogP contribution in [0, 0.1) is 46.3 Å². The molecular weight excluding hydrogens is 308 g/mol. The number of hydrogen-bond donors (Lipinski definition) is 0. The molecule has 2 rings (SSSR count). The third-order valence-electron chi connectivity index (χ3n) is 4.89. The molecule has 0 aliphatic heterocycles. The minimum atomic E-state index is -0.119. The molecule has 0 bridgehead atoms. The minimum Gasteiger partial charge on any atom is -0.469 e. The van der Waals surface area contributed by atoms with Gasteiger partial charge in [-0.2, -0.15) is 10.5 Å². The number of nitrogens with zero attached hydrogens (tertiary/aromatic N) is 2. The number of esters is 2. The third-order valence-corrected chi connectivity index (χ3v) is 4.89. The molecule has 2 saturated carbocycles. The van der Waals surface area contributed by atoms with E-state index in [0.29, 0.717) is 0 Å². The van der Waals surface area contributed by atoms with Crippen LogP contribution in [0.3, 0.4) is 0 Å². The lowest BCUT2D eigenvalue weighted by atomic mass is 9.83. The van der Waals surface area contributed by atoms with E-state index in [1.165, 1.54) is 14.2 Å². The van der Waals surface area contributed by atoms with E-state index in [1.54, 1.807) is 0 Å². The van der Waals surface area contributed by atoms with Crippen LogP contribution >= 0.6 is 0 Å². The normalized spacial score (nSPS) is 29.0. The number of ether oxygens (including phenoxy) is 2. The van der Waals surface area contributed by atoms with Gasteiger partial charge in [0.2, 0.25) is 0 Å². The van der Waals surface area contributed by atoms with Crippen molar-refractivity contribution in [3.05, 3.63) is 0 Å². The van der Waals surface area contributed by atoms with Crippen molar-refractivity contribution >= 4 is 11.9 Å². The lowest BCUT2D eigenvalue weighted by molar-refractivity contribution is -0.147. The average molecular weight is 334 g/mol. The van der Waals surface area contributed by atoms with Crippen molar-refractivity contribution in [2.75, 3.05) is 14.2 Å². The Balaban J connectivity index is 0.000000240. The van der Waals surface area contributed by atoms with Gasteiger partial charge in [-0.1, -0.05) is 0 Å². The summed E-state index contributed by atoms with van der Waals surface area (Å²) in [5.74, 6) is 0.161. The standard InChI is InChI=1S/2C9H13NO2/c2*1-12-9(11)8-4-2-7(6-10)3-5-8/h2*7-8H,2-5H2,1H3. The van der Waals surface area contributed by atoms with Gasteiger partial charge in [-0.25, -0.2) is 0 Å². The van der Waals surface area contributed by atoms with Crippen molar-refractivity contribution in [2.45, 2.75) is 51.4 Å². The monoisotopic (exact) mass is 334 g/mol. The highest BCUT2D eigenvalue weighted by Gasteiger charge is 2.27. The molecule has 0 atom stereocenters. The summed E-state index contributed by atoms with van der Waals surface area (Å²) in [5, 5.41) is 17.2. The lowest BCUT2D eigenvalue weighted by Gasteiger charge is -2.22. The van der Waals surface area contributed by atoms with Gasteiger partial charge in [0.05, 0.1) is 38.2 Å². The smallest absolute Gasteiger partial charge is 0.308 e. The summed E-state index contributed by atoms with van der Waals surface area (Å²) >= 11 is 0. The second-order valence-electron chi connectivity index (χ2n) is 6.40. The molecule has 0 aromatic heterocycles. The summed E-state index contributed by atoms with van der Waals surface area (Å²) in [7, 11) is 2.83. The summed E-state index contributed by atoms with van der Waals surface area (Å²) in [5.41, 5.74) is 0. The molecular formula is C18H26N2O4. The van der Waals surface area contributed by atoms with Gasteiger partial charge in [0.15, 0.2) is 0 Å². The molecule has 6 heteroatoms. The Morgan fingerprint density at radius 1 is 0.708 bits per heavy atom. The first kappa shape index (κ1) is 20.0.